The lowest BCUT2D eigenvalue weighted by atomic mass is 9.91. The molecule has 0 radical (unpaired) electrons. The summed E-state index contributed by atoms with van der Waals surface area (Å²) in [6, 6.07) is 5.70. The molecular weight excluding hydrogens is 251 g/mol. The van der Waals surface area contributed by atoms with Crippen molar-refractivity contribution < 1.29 is 9.59 Å². The zero-order chi connectivity index (χ0) is 14.7. The van der Waals surface area contributed by atoms with E-state index in [0.29, 0.717) is 30.3 Å². The SMILES string of the molecule is Bc1cc(C(=O)NC2CC2)cc(C(=O)N(CC)CC)c1. The van der Waals surface area contributed by atoms with Gasteiger partial charge < -0.3 is 10.2 Å². The van der Waals surface area contributed by atoms with Gasteiger partial charge in [0.05, 0.1) is 0 Å². The molecule has 0 atom stereocenters. The van der Waals surface area contributed by atoms with Gasteiger partial charge >= 0.3 is 0 Å². The summed E-state index contributed by atoms with van der Waals surface area (Å²) in [5, 5.41) is 2.96. The van der Waals surface area contributed by atoms with Gasteiger partial charge in [-0.25, -0.2) is 0 Å². The molecule has 1 aromatic carbocycles. The van der Waals surface area contributed by atoms with Gasteiger partial charge in [0.25, 0.3) is 11.8 Å². The van der Waals surface area contributed by atoms with E-state index in [4.69, 9.17) is 0 Å². The first-order chi connectivity index (χ1) is 9.55. The zero-order valence-corrected chi connectivity index (χ0v) is 12.4. The third kappa shape index (κ3) is 3.41. The Hall–Kier alpha value is -1.78. The summed E-state index contributed by atoms with van der Waals surface area (Å²) in [7, 11) is 1.91. The van der Waals surface area contributed by atoms with Gasteiger partial charge in [0.2, 0.25) is 0 Å². The van der Waals surface area contributed by atoms with Crippen LogP contribution < -0.4 is 10.8 Å². The summed E-state index contributed by atoms with van der Waals surface area (Å²) in [5.41, 5.74) is 2.10. The van der Waals surface area contributed by atoms with E-state index in [0.717, 1.165) is 18.3 Å². The lowest BCUT2D eigenvalue weighted by Gasteiger charge is -2.19. The Morgan fingerprint density at radius 2 is 1.80 bits per heavy atom. The molecule has 4 nitrogen and oxygen atoms in total. The summed E-state index contributed by atoms with van der Waals surface area (Å²) in [6.45, 7) is 5.26. The molecule has 1 aliphatic carbocycles. The molecule has 2 amide bonds. The van der Waals surface area contributed by atoms with Crippen molar-refractivity contribution in [3.63, 3.8) is 0 Å². The first-order valence-corrected chi connectivity index (χ1v) is 7.27. The Kier molecular flexibility index (Phi) is 4.48. The summed E-state index contributed by atoms with van der Waals surface area (Å²) in [5.74, 6) is -0.0935. The predicted molar refractivity (Wildman–Crippen MR) is 82.4 cm³/mol. The predicted octanol–water partition coefficient (Wildman–Crippen LogP) is 0.319. The highest BCUT2D eigenvalue weighted by molar-refractivity contribution is 6.33. The maximum Gasteiger partial charge on any atom is 0.253 e. The molecule has 1 N–H and O–H groups in total. The van der Waals surface area contributed by atoms with Crippen LogP contribution in [0, 0.1) is 0 Å². The molecule has 106 valence electrons. The van der Waals surface area contributed by atoms with Crippen LogP contribution in [-0.2, 0) is 0 Å². The van der Waals surface area contributed by atoms with Crippen LogP contribution in [0.5, 0.6) is 0 Å². The molecule has 0 bridgehead atoms. The van der Waals surface area contributed by atoms with Crippen LogP contribution in [-0.4, -0.2) is 43.7 Å². The average molecular weight is 272 g/mol. The molecule has 1 aliphatic rings. The summed E-state index contributed by atoms with van der Waals surface area (Å²) in [6.07, 6.45) is 2.12. The van der Waals surface area contributed by atoms with Gasteiger partial charge in [0, 0.05) is 30.3 Å². The number of amides is 2. The Balaban J connectivity index is 2.23. The second kappa shape index (κ2) is 6.12. The highest BCUT2D eigenvalue weighted by atomic mass is 16.2. The molecule has 0 aromatic heterocycles. The van der Waals surface area contributed by atoms with Gasteiger partial charge in [0.15, 0.2) is 0 Å². The fourth-order valence-electron chi connectivity index (χ4n) is 2.23. The molecule has 0 saturated heterocycles. The standard InChI is InChI=1S/C15H21BN2O2/c1-3-18(4-2)15(20)11-7-10(8-12(16)9-11)14(19)17-13-5-6-13/h7-9,13H,3-6,16H2,1-2H3,(H,17,19). The molecule has 5 heteroatoms. The molecule has 1 aromatic rings. The van der Waals surface area contributed by atoms with Gasteiger partial charge in [-0.15, -0.1) is 0 Å². The van der Waals surface area contributed by atoms with Crippen molar-refractivity contribution in [1.82, 2.24) is 10.2 Å². The maximum atomic E-state index is 12.4. The van der Waals surface area contributed by atoms with E-state index in [1.807, 2.05) is 33.8 Å². The molecule has 0 spiro atoms. The summed E-state index contributed by atoms with van der Waals surface area (Å²) >= 11 is 0. The molecule has 1 fully saturated rings. The van der Waals surface area contributed by atoms with Crippen LogP contribution in [0.3, 0.4) is 0 Å². The van der Waals surface area contributed by atoms with Crippen LogP contribution in [0.25, 0.3) is 0 Å². The zero-order valence-electron chi connectivity index (χ0n) is 12.4. The Bertz CT molecular complexity index is 523. The van der Waals surface area contributed by atoms with Gasteiger partial charge in [0.1, 0.15) is 7.85 Å². The fraction of sp³-hybridized carbons (Fsp3) is 0.467. The van der Waals surface area contributed by atoms with Crippen molar-refractivity contribution in [2.75, 3.05) is 13.1 Å². The monoisotopic (exact) mass is 272 g/mol. The molecule has 0 unspecified atom stereocenters. The highest BCUT2D eigenvalue weighted by Gasteiger charge is 2.24. The summed E-state index contributed by atoms with van der Waals surface area (Å²) < 4.78 is 0. The van der Waals surface area contributed by atoms with Crippen LogP contribution >= 0.6 is 0 Å². The number of rotatable bonds is 5. The van der Waals surface area contributed by atoms with E-state index in [-0.39, 0.29) is 11.8 Å². The minimum absolute atomic E-state index is 0.0147. The van der Waals surface area contributed by atoms with Crippen LogP contribution in [0.15, 0.2) is 18.2 Å². The first kappa shape index (κ1) is 14.6. The number of nitrogens with zero attached hydrogens (tertiary/aromatic N) is 1. The second-order valence-electron chi connectivity index (χ2n) is 5.31. The van der Waals surface area contributed by atoms with E-state index in [9.17, 15) is 9.59 Å². The molecule has 2 rings (SSSR count). The molecule has 20 heavy (non-hydrogen) atoms. The molecule has 1 saturated carbocycles. The van der Waals surface area contributed by atoms with Crippen molar-refractivity contribution in [1.29, 1.82) is 0 Å². The number of benzene rings is 1. The van der Waals surface area contributed by atoms with Crippen molar-refractivity contribution in [2.24, 2.45) is 0 Å². The van der Waals surface area contributed by atoms with Gasteiger partial charge in [-0.3, -0.25) is 9.59 Å². The van der Waals surface area contributed by atoms with E-state index in [1.54, 1.807) is 11.0 Å². The van der Waals surface area contributed by atoms with Gasteiger partial charge in [-0.2, -0.15) is 0 Å². The summed E-state index contributed by atoms with van der Waals surface area (Å²) in [4.78, 5) is 26.2. The molecule has 0 aliphatic heterocycles. The number of hydrogen-bond acceptors (Lipinski definition) is 2. The quantitative estimate of drug-likeness (QED) is 0.785. The van der Waals surface area contributed by atoms with Crippen molar-refractivity contribution >= 4 is 25.1 Å². The largest absolute Gasteiger partial charge is 0.349 e. The number of carbonyl (C=O) groups excluding carboxylic acids is 2. The third-order valence-electron chi connectivity index (χ3n) is 3.55. The topological polar surface area (TPSA) is 49.4 Å². The van der Waals surface area contributed by atoms with Crippen LogP contribution in [0.1, 0.15) is 47.4 Å². The molecular formula is C15H21BN2O2. The number of hydrogen-bond donors (Lipinski definition) is 1. The lowest BCUT2D eigenvalue weighted by molar-refractivity contribution is 0.0773. The van der Waals surface area contributed by atoms with Crippen molar-refractivity contribution in [3.8, 4) is 0 Å². The highest BCUT2D eigenvalue weighted by Crippen LogP contribution is 2.19. The number of carbonyl (C=O) groups is 2. The average Bonchev–Trinajstić information content (AvgIpc) is 3.23. The second-order valence-corrected chi connectivity index (χ2v) is 5.31. The molecule has 0 heterocycles. The van der Waals surface area contributed by atoms with E-state index in [1.165, 1.54) is 0 Å². The van der Waals surface area contributed by atoms with Crippen molar-refractivity contribution in [3.05, 3.63) is 29.3 Å². The van der Waals surface area contributed by atoms with Gasteiger partial charge in [-0.05, 0) is 32.8 Å². The third-order valence-corrected chi connectivity index (χ3v) is 3.55. The maximum absolute atomic E-state index is 12.4. The van der Waals surface area contributed by atoms with Crippen molar-refractivity contribution in [2.45, 2.75) is 32.7 Å². The van der Waals surface area contributed by atoms with Crippen LogP contribution in [0.4, 0.5) is 0 Å². The lowest BCUT2D eigenvalue weighted by Crippen LogP contribution is -2.32. The van der Waals surface area contributed by atoms with E-state index >= 15 is 0 Å². The number of nitrogens with one attached hydrogen (secondary N) is 1. The minimum atomic E-state index is -0.0789. The Morgan fingerprint density at radius 1 is 1.20 bits per heavy atom. The van der Waals surface area contributed by atoms with E-state index < -0.39 is 0 Å². The van der Waals surface area contributed by atoms with Gasteiger partial charge in [-0.1, -0.05) is 17.6 Å². The smallest absolute Gasteiger partial charge is 0.253 e. The first-order valence-electron chi connectivity index (χ1n) is 7.27. The van der Waals surface area contributed by atoms with E-state index in [2.05, 4.69) is 5.32 Å². The minimum Gasteiger partial charge on any atom is -0.349 e. The Morgan fingerprint density at radius 3 is 2.35 bits per heavy atom. The fourth-order valence-corrected chi connectivity index (χ4v) is 2.23. The van der Waals surface area contributed by atoms with Crippen LogP contribution in [0.2, 0.25) is 0 Å². The Labute approximate surface area is 120 Å². The normalized spacial score (nSPS) is 13.9.